The molecule has 146 valence electrons. The number of carbonyl (C=O) groups excluding carboxylic acids is 3. The molecular formula is C21H20Cl2N2O3. The minimum absolute atomic E-state index is 0.169. The van der Waals surface area contributed by atoms with Gasteiger partial charge in [-0.2, -0.15) is 0 Å². The normalized spacial score (nSPS) is 10.6. The Hall–Kier alpha value is -2.63. The Bertz CT molecular complexity index is 881. The van der Waals surface area contributed by atoms with Gasteiger partial charge < -0.3 is 10.6 Å². The zero-order valence-corrected chi connectivity index (χ0v) is 16.6. The van der Waals surface area contributed by atoms with Crippen molar-refractivity contribution in [2.24, 2.45) is 0 Å². The Morgan fingerprint density at radius 1 is 0.857 bits per heavy atom. The summed E-state index contributed by atoms with van der Waals surface area (Å²) in [6, 6.07) is 13.9. The smallest absolute Gasteiger partial charge is 0.225 e. The highest BCUT2D eigenvalue weighted by molar-refractivity contribution is 6.19. The first kappa shape index (κ1) is 21.7. The number of nitrogens with one attached hydrogen (secondary N) is 2. The second-order valence-corrected chi connectivity index (χ2v) is 6.60. The lowest BCUT2D eigenvalue weighted by Crippen LogP contribution is -2.14. The SMILES string of the molecule is O=C(CCCl)Nc1cccc(/C=C\C(=O)c2ccccc2NC(=O)CCCl)c1. The standard InChI is InChI=1S/C21H20Cl2N2O3/c22-12-10-20(27)24-16-5-3-4-15(14-16)8-9-19(26)17-6-1-2-7-18(17)25-21(28)11-13-23/h1-9,14H,10-13H2,(H,24,27)(H,25,28)/b9-8-. The van der Waals surface area contributed by atoms with Crippen LogP contribution >= 0.6 is 23.2 Å². The number of ketones is 1. The fraction of sp³-hybridized carbons (Fsp3) is 0.190. The number of hydrogen-bond donors (Lipinski definition) is 2. The largest absolute Gasteiger partial charge is 0.326 e. The number of rotatable bonds is 9. The summed E-state index contributed by atoms with van der Waals surface area (Å²) in [5.41, 5.74) is 2.20. The van der Waals surface area contributed by atoms with Gasteiger partial charge in [0.05, 0.1) is 5.69 Å². The highest BCUT2D eigenvalue weighted by Gasteiger charge is 2.10. The molecule has 2 aromatic carbocycles. The van der Waals surface area contributed by atoms with E-state index in [4.69, 9.17) is 23.2 Å². The molecule has 0 bridgehead atoms. The summed E-state index contributed by atoms with van der Waals surface area (Å²) in [5.74, 6) is -0.216. The van der Waals surface area contributed by atoms with Crippen molar-refractivity contribution in [1.82, 2.24) is 0 Å². The Morgan fingerprint density at radius 3 is 2.25 bits per heavy atom. The number of amides is 2. The fourth-order valence-corrected chi connectivity index (χ4v) is 2.74. The van der Waals surface area contributed by atoms with E-state index in [2.05, 4.69) is 10.6 Å². The molecule has 28 heavy (non-hydrogen) atoms. The van der Waals surface area contributed by atoms with Gasteiger partial charge in [-0.3, -0.25) is 14.4 Å². The van der Waals surface area contributed by atoms with Crippen molar-refractivity contribution in [2.45, 2.75) is 12.8 Å². The first-order valence-corrected chi connectivity index (χ1v) is 9.73. The Morgan fingerprint density at radius 2 is 1.54 bits per heavy atom. The lowest BCUT2D eigenvalue weighted by molar-refractivity contribution is -0.116. The van der Waals surface area contributed by atoms with E-state index in [1.54, 1.807) is 48.5 Å². The first-order chi connectivity index (χ1) is 13.5. The van der Waals surface area contributed by atoms with Crippen LogP contribution < -0.4 is 10.6 Å². The van der Waals surface area contributed by atoms with Crippen LogP contribution in [0.15, 0.2) is 54.6 Å². The molecule has 2 amide bonds. The zero-order valence-electron chi connectivity index (χ0n) is 15.1. The summed E-state index contributed by atoms with van der Waals surface area (Å²) in [4.78, 5) is 36.0. The Kier molecular flexibility index (Phi) is 8.72. The van der Waals surface area contributed by atoms with E-state index in [-0.39, 0.29) is 42.2 Å². The minimum Gasteiger partial charge on any atom is -0.326 e. The highest BCUT2D eigenvalue weighted by atomic mass is 35.5. The summed E-state index contributed by atoms with van der Waals surface area (Å²) in [6.07, 6.45) is 3.47. The molecule has 0 unspecified atom stereocenters. The molecule has 2 aromatic rings. The highest BCUT2D eigenvalue weighted by Crippen LogP contribution is 2.18. The molecular weight excluding hydrogens is 399 g/mol. The second kappa shape index (κ2) is 11.3. The number of alkyl halides is 2. The van der Waals surface area contributed by atoms with E-state index < -0.39 is 0 Å². The van der Waals surface area contributed by atoms with Crippen LogP contribution in [0.2, 0.25) is 0 Å². The summed E-state index contributed by atoms with van der Waals surface area (Å²) < 4.78 is 0. The van der Waals surface area contributed by atoms with Crippen molar-refractivity contribution in [3.63, 3.8) is 0 Å². The molecule has 0 radical (unpaired) electrons. The molecule has 0 spiro atoms. The van der Waals surface area contributed by atoms with Crippen LogP contribution in [0.4, 0.5) is 11.4 Å². The number of halogens is 2. The Balaban J connectivity index is 2.12. The number of allylic oxidation sites excluding steroid dienone is 1. The molecule has 0 saturated heterocycles. The maximum absolute atomic E-state index is 12.6. The molecule has 5 nitrogen and oxygen atoms in total. The van der Waals surface area contributed by atoms with Gasteiger partial charge in [0, 0.05) is 35.9 Å². The van der Waals surface area contributed by atoms with Crippen LogP contribution in [0, 0.1) is 0 Å². The van der Waals surface area contributed by atoms with Gasteiger partial charge in [0.15, 0.2) is 5.78 Å². The van der Waals surface area contributed by atoms with E-state index >= 15 is 0 Å². The molecule has 0 heterocycles. The fourth-order valence-electron chi connectivity index (χ4n) is 2.40. The third-order valence-corrected chi connectivity index (χ3v) is 4.09. The summed E-state index contributed by atoms with van der Waals surface area (Å²) in [7, 11) is 0. The van der Waals surface area contributed by atoms with Crippen molar-refractivity contribution in [2.75, 3.05) is 22.4 Å². The van der Waals surface area contributed by atoms with Crippen LogP contribution in [0.1, 0.15) is 28.8 Å². The van der Waals surface area contributed by atoms with Gasteiger partial charge in [-0.15, -0.1) is 23.2 Å². The van der Waals surface area contributed by atoms with Gasteiger partial charge in [0.1, 0.15) is 0 Å². The third kappa shape index (κ3) is 6.83. The predicted molar refractivity (Wildman–Crippen MR) is 114 cm³/mol. The predicted octanol–water partition coefficient (Wildman–Crippen LogP) is 4.72. The van der Waals surface area contributed by atoms with Crippen molar-refractivity contribution in [3.8, 4) is 0 Å². The van der Waals surface area contributed by atoms with Gasteiger partial charge in [-0.1, -0.05) is 30.3 Å². The van der Waals surface area contributed by atoms with E-state index in [0.717, 1.165) is 5.56 Å². The van der Waals surface area contributed by atoms with Gasteiger partial charge in [0.25, 0.3) is 0 Å². The number of benzene rings is 2. The maximum atomic E-state index is 12.6. The van der Waals surface area contributed by atoms with E-state index in [0.29, 0.717) is 16.9 Å². The molecule has 0 aliphatic heterocycles. The molecule has 0 aromatic heterocycles. The van der Waals surface area contributed by atoms with Gasteiger partial charge >= 0.3 is 0 Å². The lowest BCUT2D eigenvalue weighted by atomic mass is 10.1. The molecule has 0 aliphatic carbocycles. The van der Waals surface area contributed by atoms with Crippen molar-refractivity contribution >= 4 is 58.3 Å². The van der Waals surface area contributed by atoms with Crippen LogP contribution in [-0.4, -0.2) is 29.4 Å². The zero-order chi connectivity index (χ0) is 20.4. The van der Waals surface area contributed by atoms with Crippen molar-refractivity contribution < 1.29 is 14.4 Å². The second-order valence-electron chi connectivity index (χ2n) is 5.84. The molecule has 0 fully saturated rings. The number of hydrogen-bond acceptors (Lipinski definition) is 3. The molecule has 2 N–H and O–H groups in total. The van der Waals surface area contributed by atoms with Gasteiger partial charge in [0.2, 0.25) is 11.8 Å². The van der Waals surface area contributed by atoms with Crippen LogP contribution in [0.3, 0.4) is 0 Å². The van der Waals surface area contributed by atoms with Crippen molar-refractivity contribution in [1.29, 1.82) is 0 Å². The quantitative estimate of drug-likeness (QED) is 0.351. The summed E-state index contributed by atoms with van der Waals surface area (Å²) in [5, 5.41) is 5.44. The van der Waals surface area contributed by atoms with Crippen molar-refractivity contribution in [3.05, 3.63) is 65.7 Å². The van der Waals surface area contributed by atoms with E-state index in [1.165, 1.54) is 6.08 Å². The first-order valence-electron chi connectivity index (χ1n) is 8.66. The third-order valence-electron chi connectivity index (χ3n) is 3.71. The van der Waals surface area contributed by atoms with Gasteiger partial charge in [-0.25, -0.2) is 0 Å². The van der Waals surface area contributed by atoms with Crippen LogP contribution in [0.5, 0.6) is 0 Å². The molecule has 0 aliphatic rings. The maximum Gasteiger partial charge on any atom is 0.225 e. The average molecular weight is 419 g/mol. The van der Waals surface area contributed by atoms with Crippen LogP contribution in [-0.2, 0) is 9.59 Å². The van der Waals surface area contributed by atoms with Gasteiger partial charge in [-0.05, 0) is 35.9 Å². The average Bonchev–Trinajstić information content (AvgIpc) is 2.67. The minimum atomic E-state index is -0.252. The van der Waals surface area contributed by atoms with E-state index in [9.17, 15) is 14.4 Å². The molecule has 7 heteroatoms. The summed E-state index contributed by atoms with van der Waals surface area (Å²) in [6.45, 7) is 0. The molecule has 2 rings (SSSR count). The molecule has 0 saturated carbocycles. The summed E-state index contributed by atoms with van der Waals surface area (Å²) >= 11 is 11.1. The number of carbonyl (C=O) groups is 3. The monoisotopic (exact) mass is 418 g/mol. The molecule has 0 atom stereocenters. The number of para-hydroxylation sites is 1. The number of anilines is 2. The van der Waals surface area contributed by atoms with E-state index in [1.807, 2.05) is 6.07 Å². The van der Waals surface area contributed by atoms with Crippen LogP contribution in [0.25, 0.3) is 6.08 Å². The Labute approximate surface area is 173 Å². The lowest BCUT2D eigenvalue weighted by Gasteiger charge is -2.08. The topological polar surface area (TPSA) is 75.3 Å².